The molecule has 0 spiro atoms. The third-order valence-corrected chi connectivity index (χ3v) is 3.52. The van der Waals surface area contributed by atoms with Gasteiger partial charge < -0.3 is 0 Å². The molecule has 16 heavy (non-hydrogen) atoms. The lowest BCUT2D eigenvalue weighted by molar-refractivity contribution is -0.109. The third-order valence-electron chi connectivity index (χ3n) is 1.85. The van der Waals surface area contributed by atoms with Crippen molar-refractivity contribution in [3.05, 3.63) is 39.3 Å². The van der Waals surface area contributed by atoms with Crippen molar-refractivity contribution in [1.82, 2.24) is 0 Å². The molecule has 0 aliphatic carbocycles. The molecule has 4 heteroatoms. The number of halogens is 2. The lowest BCUT2D eigenvalue weighted by atomic mass is 10.2. The summed E-state index contributed by atoms with van der Waals surface area (Å²) < 4.78 is 0.974. The molecule has 1 nitrogen and oxygen atoms in total. The average Bonchev–Trinajstić information content (AvgIpc) is 2.20. The Bertz CT molecular complexity index is 404. The summed E-state index contributed by atoms with van der Waals surface area (Å²) in [5.41, 5.74) is 0.998. The monoisotopic (exact) mass is 318 g/mol. The van der Waals surface area contributed by atoms with Crippen LogP contribution in [0.2, 0.25) is 5.02 Å². The number of hydrogen-bond acceptors (Lipinski definition) is 2. The molecule has 0 amide bonds. The van der Waals surface area contributed by atoms with Crippen LogP contribution in [0, 0.1) is 0 Å². The number of hydrogen-bond donors (Lipinski definition) is 0. The van der Waals surface area contributed by atoms with Gasteiger partial charge in [0.25, 0.3) is 0 Å². The molecule has 1 rings (SSSR count). The van der Waals surface area contributed by atoms with E-state index in [2.05, 4.69) is 15.9 Å². The molecule has 86 valence electrons. The Hall–Kier alpha value is -0.250. The van der Waals surface area contributed by atoms with Crippen molar-refractivity contribution in [2.45, 2.75) is 13.3 Å². The van der Waals surface area contributed by atoms with E-state index >= 15 is 0 Å². The van der Waals surface area contributed by atoms with Gasteiger partial charge in [0.2, 0.25) is 0 Å². The van der Waals surface area contributed by atoms with Gasteiger partial charge in [-0.1, -0.05) is 57.5 Å². The minimum Gasteiger partial charge on any atom is -0.288 e. The zero-order valence-electron chi connectivity index (χ0n) is 8.87. The van der Waals surface area contributed by atoms with Crippen LogP contribution in [0.15, 0.2) is 28.7 Å². The van der Waals surface area contributed by atoms with E-state index in [1.165, 1.54) is 11.8 Å². The first kappa shape index (κ1) is 13.8. The lowest BCUT2D eigenvalue weighted by Gasteiger charge is -1.98. The minimum atomic E-state index is 0.162. The highest BCUT2D eigenvalue weighted by molar-refractivity contribution is 9.10. The molecule has 1 aromatic carbocycles. The summed E-state index contributed by atoms with van der Waals surface area (Å²) in [6, 6.07) is 5.78. The first-order chi connectivity index (χ1) is 7.59. The molecule has 0 unspecified atom stereocenters. The summed E-state index contributed by atoms with van der Waals surface area (Å²) in [6.07, 6.45) is 4.89. The Morgan fingerprint density at radius 1 is 1.56 bits per heavy atom. The summed E-state index contributed by atoms with van der Waals surface area (Å²) in [7, 11) is 0. The molecular weight excluding hydrogens is 308 g/mol. The summed E-state index contributed by atoms with van der Waals surface area (Å²) in [5, 5.41) is 0.889. The summed E-state index contributed by atoms with van der Waals surface area (Å²) in [5.74, 6) is 0.819. The Morgan fingerprint density at radius 2 is 2.31 bits per heavy atom. The Labute approximate surface area is 113 Å². The molecule has 0 radical (unpaired) electrons. The van der Waals surface area contributed by atoms with Gasteiger partial charge in [-0.05, 0) is 24.1 Å². The predicted octanol–water partition coefficient (Wildman–Crippen LogP) is 4.79. The normalized spacial score (nSPS) is 10.9. The van der Waals surface area contributed by atoms with Crippen molar-refractivity contribution in [2.24, 2.45) is 0 Å². The van der Waals surface area contributed by atoms with E-state index in [0.29, 0.717) is 0 Å². The second-order valence-electron chi connectivity index (χ2n) is 3.20. The van der Waals surface area contributed by atoms with Gasteiger partial charge in [0.05, 0.1) is 0 Å². The Balaban J connectivity index is 2.47. The van der Waals surface area contributed by atoms with Crippen molar-refractivity contribution < 1.29 is 4.79 Å². The highest BCUT2D eigenvalue weighted by Gasteiger charge is 1.96. The van der Waals surface area contributed by atoms with Gasteiger partial charge in [-0.3, -0.25) is 4.79 Å². The van der Waals surface area contributed by atoms with E-state index in [1.807, 2.05) is 30.4 Å². The summed E-state index contributed by atoms with van der Waals surface area (Å²) >= 11 is 10.8. The van der Waals surface area contributed by atoms with Gasteiger partial charge in [-0.2, -0.15) is 0 Å². The molecule has 1 aromatic rings. The van der Waals surface area contributed by atoms with Crippen LogP contribution in [0.1, 0.15) is 18.9 Å². The maximum atomic E-state index is 10.7. The van der Waals surface area contributed by atoms with Crippen molar-refractivity contribution in [3.63, 3.8) is 0 Å². The minimum absolute atomic E-state index is 0.162. The number of carbonyl (C=O) groups is 1. The van der Waals surface area contributed by atoms with Crippen molar-refractivity contribution in [1.29, 1.82) is 0 Å². The standard InChI is InChI=1S/C12H12BrClOS/c1-9(15)16-7-3-2-4-10-5-6-11(13)8-12(10)14/h2,4-6,8H,3,7H2,1H3. The molecule has 0 atom stereocenters. The molecule has 0 heterocycles. The molecule has 0 bridgehead atoms. The smallest absolute Gasteiger partial charge is 0.185 e. The van der Waals surface area contributed by atoms with Gasteiger partial charge in [0, 0.05) is 22.2 Å². The van der Waals surface area contributed by atoms with Gasteiger partial charge in [0.15, 0.2) is 5.12 Å². The van der Waals surface area contributed by atoms with Crippen molar-refractivity contribution in [3.8, 4) is 0 Å². The number of allylic oxidation sites excluding steroid dienone is 1. The molecule has 0 saturated carbocycles. The van der Waals surface area contributed by atoms with Crippen molar-refractivity contribution in [2.75, 3.05) is 5.75 Å². The maximum Gasteiger partial charge on any atom is 0.185 e. The van der Waals surface area contributed by atoms with Gasteiger partial charge >= 0.3 is 0 Å². The van der Waals surface area contributed by atoms with Crippen molar-refractivity contribution >= 4 is 50.5 Å². The van der Waals surface area contributed by atoms with E-state index in [1.54, 1.807) is 6.92 Å². The second-order valence-corrected chi connectivity index (χ2v) is 5.79. The van der Waals surface area contributed by atoms with Crippen LogP contribution in [0.25, 0.3) is 6.08 Å². The number of rotatable bonds is 4. The predicted molar refractivity (Wildman–Crippen MR) is 75.9 cm³/mol. The van der Waals surface area contributed by atoms with E-state index in [9.17, 15) is 4.79 Å². The van der Waals surface area contributed by atoms with E-state index < -0.39 is 0 Å². The van der Waals surface area contributed by atoms with E-state index in [-0.39, 0.29) is 5.12 Å². The fourth-order valence-electron chi connectivity index (χ4n) is 1.12. The summed E-state index contributed by atoms with van der Waals surface area (Å²) in [6.45, 7) is 1.58. The molecule has 0 aliphatic rings. The third kappa shape index (κ3) is 5.19. The highest BCUT2D eigenvalue weighted by Crippen LogP contribution is 2.22. The van der Waals surface area contributed by atoms with Gasteiger partial charge in [0.1, 0.15) is 0 Å². The van der Waals surface area contributed by atoms with Crippen LogP contribution in [-0.4, -0.2) is 10.9 Å². The average molecular weight is 320 g/mol. The van der Waals surface area contributed by atoms with Crippen LogP contribution in [0.3, 0.4) is 0 Å². The number of carbonyl (C=O) groups excluding carboxylic acids is 1. The van der Waals surface area contributed by atoms with Gasteiger partial charge in [-0.25, -0.2) is 0 Å². The molecule has 0 saturated heterocycles. The van der Waals surface area contributed by atoms with E-state index in [4.69, 9.17) is 11.6 Å². The first-order valence-corrected chi connectivity index (χ1v) is 7.00. The second kappa shape index (κ2) is 7.15. The zero-order valence-corrected chi connectivity index (χ0v) is 12.0. The van der Waals surface area contributed by atoms with E-state index in [0.717, 1.165) is 27.2 Å². The molecular formula is C12H12BrClOS. The fraction of sp³-hybridized carbons (Fsp3) is 0.250. The molecule has 0 N–H and O–H groups in total. The fourth-order valence-corrected chi connectivity index (χ4v) is 2.40. The van der Waals surface area contributed by atoms with Crippen LogP contribution in [0.4, 0.5) is 0 Å². The molecule has 0 aromatic heterocycles. The zero-order chi connectivity index (χ0) is 12.0. The van der Waals surface area contributed by atoms with Gasteiger partial charge in [-0.15, -0.1) is 0 Å². The quantitative estimate of drug-likeness (QED) is 0.743. The topological polar surface area (TPSA) is 17.1 Å². The first-order valence-electron chi connectivity index (χ1n) is 4.84. The Kier molecular flexibility index (Phi) is 6.17. The largest absolute Gasteiger partial charge is 0.288 e. The van der Waals surface area contributed by atoms with Crippen LogP contribution in [0.5, 0.6) is 0 Å². The maximum absolute atomic E-state index is 10.7. The van der Waals surface area contributed by atoms with Crippen LogP contribution >= 0.6 is 39.3 Å². The molecule has 0 aliphatic heterocycles. The lowest BCUT2D eigenvalue weighted by Crippen LogP contribution is -1.83. The SMILES string of the molecule is CC(=O)SCCC=Cc1ccc(Br)cc1Cl. The van der Waals surface area contributed by atoms with Crippen LogP contribution < -0.4 is 0 Å². The number of thioether (sulfide) groups is 1. The molecule has 0 fully saturated rings. The Morgan fingerprint density at radius 3 is 2.94 bits per heavy atom. The van der Waals surface area contributed by atoms with Crippen LogP contribution in [-0.2, 0) is 4.79 Å². The summed E-state index contributed by atoms with van der Waals surface area (Å²) in [4.78, 5) is 10.7. The highest BCUT2D eigenvalue weighted by atomic mass is 79.9. The number of benzene rings is 1.